The van der Waals surface area contributed by atoms with Crippen molar-refractivity contribution >= 4 is 15.9 Å². The molecule has 1 N–H and O–H groups in total. The smallest absolute Gasteiger partial charge is 0.108 e. The highest BCUT2D eigenvalue weighted by Gasteiger charge is 2.15. The molecule has 2 aromatic carbocycles. The Labute approximate surface area is 125 Å². The summed E-state index contributed by atoms with van der Waals surface area (Å²) in [5.74, 6) is 0. The molecule has 1 atom stereocenters. The predicted octanol–water partition coefficient (Wildman–Crippen LogP) is 3.72. The first-order chi connectivity index (χ1) is 9.75. The Morgan fingerprint density at radius 2 is 1.70 bits per heavy atom. The monoisotopic (exact) mass is 328 g/mol. The number of aliphatic hydroxyl groups is 1. The van der Waals surface area contributed by atoms with E-state index in [9.17, 15) is 5.11 Å². The van der Waals surface area contributed by atoms with E-state index in [0.29, 0.717) is 0 Å². The lowest BCUT2D eigenvalue weighted by atomic mass is 10.1. The van der Waals surface area contributed by atoms with Gasteiger partial charge in [-0.05, 0) is 23.8 Å². The van der Waals surface area contributed by atoms with Crippen LogP contribution in [0, 0.1) is 0 Å². The number of rotatable bonds is 3. The molecule has 0 saturated carbocycles. The summed E-state index contributed by atoms with van der Waals surface area (Å²) in [7, 11) is 0. The van der Waals surface area contributed by atoms with Gasteiger partial charge in [0.25, 0.3) is 0 Å². The van der Waals surface area contributed by atoms with Crippen molar-refractivity contribution in [2.45, 2.75) is 6.10 Å². The number of para-hydroxylation sites is 1. The minimum absolute atomic E-state index is 0.692. The van der Waals surface area contributed by atoms with E-state index >= 15 is 0 Å². The van der Waals surface area contributed by atoms with Crippen LogP contribution < -0.4 is 0 Å². The van der Waals surface area contributed by atoms with E-state index in [1.807, 2.05) is 60.8 Å². The van der Waals surface area contributed by atoms with Crippen molar-refractivity contribution in [1.82, 2.24) is 9.78 Å². The van der Waals surface area contributed by atoms with Crippen molar-refractivity contribution in [3.8, 4) is 5.69 Å². The highest BCUT2D eigenvalue weighted by Crippen LogP contribution is 2.28. The Morgan fingerprint density at radius 3 is 2.45 bits per heavy atom. The number of halogens is 1. The molecule has 0 radical (unpaired) electrons. The second-order valence-corrected chi connectivity index (χ2v) is 5.33. The van der Waals surface area contributed by atoms with Crippen LogP contribution in [0.25, 0.3) is 5.69 Å². The SMILES string of the molecule is OC(c1cnn(-c2ccccc2)c1)c1ccccc1Br. The largest absolute Gasteiger partial charge is 0.383 e. The van der Waals surface area contributed by atoms with Gasteiger partial charge >= 0.3 is 0 Å². The van der Waals surface area contributed by atoms with Gasteiger partial charge in [0.05, 0.1) is 11.9 Å². The Hall–Kier alpha value is -1.91. The van der Waals surface area contributed by atoms with Gasteiger partial charge in [0.1, 0.15) is 6.10 Å². The van der Waals surface area contributed by atoms with E-state index in [0.717, 1.165) is 21.3 Å². The van der Waals surface area contributed by atoms with Gasteiger partial charge in [-0.25, -0.2) is 4.68 Å². The van der Waals surface area contributed by atoms with Gasteiger partial charge in [-0.2, -0.15) is 5.10 Å². The summed E-state index contributed by atoms with van der Waals surface area (Å²) in [6.07, 6.45) is 2.85. The zero-order valence-corrected chi connectivity index (χ0v) is 12.2. The van der Waals surface area contributed by atoms with Crippen LogP contribution in [0.4, 0.5) is 0 Å². The molecule has 0 saturated heterocycles. The van der Waals surface area contributed by atoms with E-state index in [2.05, 4.69) is 21.0 Å². The topological polar surface area (TPSA) is 38.1 Å². The second-order valence-electron chi connectivity index (χ2n) is 4.48. The molecule has 1 aromatic heterocycles. The molecule has 0 aliphatic carbocycles. The Morgan fingerprint density at radius 1 is 1.00 bits per heavy atom. The summed E-state index contributed by atoms with van der Waals surface area (Å²) in [6.45, 7) is 0. The summed E-state index contributed by atoms with van der Waals surface area (Å²) in [5.41, 5.74) is 2.57. The molecule has 100 valence electrons. The molecule has 1 heterocycles. The van der Waals surface area contributed by atoms with Gasteiger partial charge in [0.2, 0.25) is 0 Å². The molecule has 3 nitrogen and oxygen atoms in total. The molecule has 20 heavy (non-hydrogen) atoms. The fourth-order valence-corrected chi connectivity index (χ4v) is 2.58. The highest BCUT2D eigenvalue weighted by atomic mass is 79.9. The maximum absolute atomic E-state index is 10.4. The van der Waals surface area contributed by atoms with E-state index < -0.39 is 6.10 Å². The van der Waals surface area contributed by atoms with Crippen LogP contribution in [0.2, 0.25) is 0 Å². The van der Waals surface area contributed by atoms with E-state index in [4.69, 9.17) is 0 Å². The van der Waals surface area contributed by atoms with Crippen LogP contribution in [0.5, 0.6) is 0 Å². The molecule has 0 bridgehead atoms. The van der Waals surface area contributed by atoms with Crippen molar-refractivity contribution in [1.29, 1.82) is 0 Å². The average molecular weight is 329 g/mol. The standard InChI is InChI=1S/C16H13BrN2O/c17-15-9-5-4-8-14(15)16(20)12-10-18-19(11-12)13-6-2-1-3-7-13/h1-11,16,20H. The van der Waals surface area contributed by atoms with Crippen molar-refractivity contribution in [3.05, 3.63) is 82.6 Å². The summed E-state index contributed by atoms with van der Waals surface area (Å²) in [5, 5.41) is 14.8. The van der Waals surface area contributed by atoms with E-state index in [-0.39, 0.29) is 0 Å². The molecule has 1 unspecified atom stereocenters. The van der Waals surface area contributed by atoms with Crippen molar-refractivity contribution in [2.75, 3.05) is 0 Å². The molecule has 3 aromatic rings. The third kappa shape index (κ3) is 2.53. The predicted molar refractivity (Wildman–Crippen MR) is 81.8 cm³/mol. The number of benzene rings is 2. The first kappa shape index (κ1) is 13.1. The van der Waals surface area contributed by atoms with Gasteiger partial charge < -0.3 is 5.11 Å². The van der Waals surface area contributed by atoms with Crippen LogP contribution in [0.15, 0.2) is 71.5 Å². The van der Waals surface area contributed by atoms with Crippen molar-refractivity contribution in [3.63, 3.8) is 0 Å². The Bertz CT molecular complexity index is 709. The summed E-state index contributed by atoms with van der Waals surface area (Å²) in [6, 6.07) is 17.5. The minimum atomic E-state index is -0.692. The normalized spacial score (nSPS) is 12.3. The fourth-order valence-electron chi connectivity index (χ4n) is 2.08. The fraction of sp³-hybridized carbons (Fsp3) is 0.0625. The lowest BCUT2D eigenvalue weighted by Gasteiger charge is -2.10. The number of nitrogens with zero attached hydrogens (tertiary/aromatic N) is 2. The number of aliphatic hydroxyl groups excluding tert-OH is 1. The number of hydrogen-bond acceptors (Lipinski definition) is 2. The molecule has 0 amide bonds. The molecule has 0 fully saturated rings. The molecule has 0 spiro atoms. The minimum Gasteiger partial charge on any atom is -0.383 e. The zero-order chi connectivity index (χ0) is 13.9. The third-order valence-corrected chi connectivity index (χ3v) is 3.86. The van der Waals surface area contributed by atoms with Crippen LogP contribution in [0.1, 0.15) is 17.2 Å². The van der Waals surface area contributed by atoms with Crippen LogP contribution >= 0.6 is 15.9 Å². The van der Waals surface area contributed by atoms with Crippen LogP contribution in [-0.2, 0) is 0 Å². The summed E-state index contributed by atoms with van der Waals surface area (Å²) < 4.78 is 2.65. The first-order valence-corrected chi connectivity index (χ1v) is 7.07. The molecular formula is C16H13BrN2O. The number of aromatic nitrogens is 2. The summed E-state index contributed by atoms with van der Waals surface area (Å²) >= 11 is 3.46. The Balaban J connectivity index is 1.93. The quantitative estimate of drug-likeness (QED) is 0.795. The van der Waals surface area contributed by atoms with Crippen LogP contribution in [-0.4, -0.2) is 14.9 Å². The maximum Gasteiger partial charge on any atom is 0.108 e. The van der Waals surface area contributed by atoms with Crippen molar-refractivity contribution in [2.24, 2.45) is 0 Å². The molecule has 3 rings (SSSR count). The van der Waals surface area contributed by atoms with Gasteiger partial charge in [-0.1, -0.05) is 52.3 Å². The highest BCUT2D eigenvalue weighted by molar-refractivity contribution is 9.10. The van der Waals surface area contributed by atoms with Crippen LogP contribution in [0.3, 0.4) is 0 Å². The van der Waals surface area contributed by atoms with Gasteiger partial charge in [0.15, 0.2) is 0 Å². The molecule has 0 aliphatic heterocycles. The third-order valence-electron chi connectivity index (χ3n) is 3.14. The number of hydrogen-bond donors (Lipinski definition) is 1. The van der Waals surface area contributed by atoms with Gasteiger partial charge in [-0.3, -0.25) is 0 Å². The van der Waals surface area contributed by atoms with Crippen molar-refractivity contribution < 1.29 is 5.11 Å². The average Bonchev–Trinajstić information content (AvgIpc) is 2.98. The maximum atomic E-state index is 10.4. The second kappa shape index (κ2) is 5.61. The Kier molecular flexibility index (Phi) is 3.67. The lowest BCUT2D eigenvalue weighted by Crippen LogP contribution is -1.99. The summed E-state index contributed by atoms with van der Waals surface area (Å²) in [4.78, 5) is 0. The van der Waals surface area contributed by atoms with E-state index in [1.54, 1.807) is 10.9 Å². The first-order valence-electron chi connectivity index (χ1n) is 6.28. The lowest BCUT2D eigenvalue weighted by molar-refractivity contribution is 0.219. The molecule has 0 aliphatic rings. The van der Waals surface area contributed by atoms with Gasteiger partial charge in [-0.15, -0.1) is 0 Å². The molecular weight excluding hydrogens is 316 g/mol. The van der Waals surface area contributed by atoms with E-state index in [1.165, 1.54) is 0 Å². The molecule has 4 heteroatoms. The zero-order valence-electron chi connectivity index (χ0n) is 10.6. The van der Waals surface area contributed by atoms with Gasteiger partial charge in [0, 0.05) is 16.2 Å².